The van der Waals surface area contributed by atoms with E-state index in [0.29, 0.717) is 11.3 Å². The Labute approximate surface area is 188 Å². The second kappa shape index (κ2) is 7.33. The van der Waals surface area contributed by atoms with Crippen molar-refractivity contribution in [2.45, 2.75) is 72.6 Å². The Balaban J connectivity index is 1.57. The molecule has 2 aliphatic rings. The van der Waals surface area contributed by atoms with E-state index in [-0.39, 0.29) is 0 Å². The van der Waals surface area contributed by atoms with E-state index in [1.807, 2.05) is 0 Å². The van der Waals surface area contributed by atoms with Crippen LogP contribution in [-0.2, 0) is 13.5 Å². The molecular weight excluding hydrogens is 374 g/mol. The van der Waals surface area contributed by atoms with Crippen molar-refractivity contribution in [3.8, 4) is 22.4 Å². The maximum Gasteiger partial charge on any atom is 0.213 e. The van der Waals surface area contributed by atoms with Crippen LogP contribution in [0.25, 0.3) is 22.4 Å². The molecule has 2 aromatic carbocycles. The first-order valence-electron chi connectivity index (χ1n) is 12.0. The van der Waals surface area contributed by atoms with Gasteiger partial charge in [-0.1, -0.05) is 49.7 Å². The van der Waals surface area contributed by atoms with Crippen molar-refractivity contribution in [2.24, 2.45) is 12.5 Å². The van der Waals surface area contributed by atoms with Gasteiger partial charge in [-0.25, -0.2) is 4.57 Å². The largest absolute Gasteiger partial charge is 0.213 e. The van der Waals surface area contributed by atoms with Gasteiger partial charge in [-0.2, -0.15) is 0 Å². The van der Waals surface area contributed by atoms with Gasteiger partial charge in [0, 0.05) is 11.6 Å². The van der Waals surface area contributed by atoms with Crippen molar-refractivity contribution >= 4 is 0 Å². The highest BCUT2D eigenvalue weighted by Crippen LogP contribution is 2.45. The van der Waals surface area contributed by atoms with Gasteiger partial charge in [0.15, 0.2) is 6.20 Å². The Kier molecular flexibility index (Phi) is 4.84. The van der Waals surface area contributed by atoms with Gasteiger partial charge in [-0.05, 0) is 97.6 Å². The van der Waals surface area contributed by atoms with Crippen molar-refractivity contribution < 1.29 is 4.57 Å². The SMILES string of the molecule is Cc1ccc2c(c1)Cc1c-2ccc(C)c1-c1cc(C)c(C2CCC(C)(C)CC2)c[n+]1C. The number of benzene rings is 2. The smallest absolute Gasteiger partial charge is 0.201 e. The molecule has 0 aliphatic heterocycles. The number of aromatic nitrogens is 1. The van der Waals surface area contributed by atoms with Crippen LogP contribution in [-0.4, -0.2) is 0 Å². The molecule has 5 rings (SSSR count). The molecule has 160 valence electrons. The highest BCUT2D eigenvalue weighted by molar-refractivity contribution is 5.85. The number of nitrogens with zero attached hydrogens (tertiary/aromatic N) is 1. The molecular formula is C30H36N+. The number of hydrogen-bond acceptors (Lipinski definition) is 0. The zero-order chi connectivity index (χ0) is 21.9. The lowest BCUT2D eigenvalue weighted by atomic mass is 9.71. The summed E-state index contributed by atoms with van der Waals surface area (Å²) in [7, 11) is 2.25. The average Bonchev–Trinajstić information content (AvgIpc) is 3.07. The Morgan fingerprint density at radius 3 is 2.32 bits per heavy atom. The van der Waals surface area contributed by atoms with Crippen LogP contribution in [0.4, 0.5) is 0 Å². The molecule has 0 amide bonds. The molecule has 31 heavy (non-hydrogen) atoms. The molecule has 1 heterocycles. The van der Waals surface area contributed by atoms with Gasteiger partial charge in [-0.3, -0.25) is 0 Å². The minimum absolute atomic E-state index is 0.515. The fourth-order valence-corrected chi connectivity index (χ4v) is 6.04. The molecule has 1 nitrogen and oxygen atoms in total. The summed E-state index contributed by atoms with van der Waals surface area (Å²) in [6, 6.07) is 14.0. The van der Waals surface area contributed by atoms with Crippen LogP contribution in [0.2, 0.25) is 0 Å². The lowest BCUT2D eigenvalue weighted by Gasteiger charge is -2.34. The second-order valence-electron chi connectivity index (χ2n) is 11.0. The van der Waals surface area contributed by atoms with E-state index in [2.05, 4.69) is 88.8 Å². The van der Waals surface area contributed by atoms with E-state index in [1.54, 1.807) is 5.56 Å². The van der Waals surface area contributed by atoms with Crippen molar-refractivity contribution in [2.75, 3.05) is 0 Å². The molecule has 0 N–H and O–H groups in total. The van der Waals surface area contributed by atoms with Gasteiger partial charge < -0.3 is 0 Å². The molecule has 0 bridgehead atoms. The highest BCUT2D eigenvalue weighted by atomic mass is 14.9. The fraction of sp³-hybridized carbons (Fsp3) is 0.433. The minimum Gasteiger partial charge on any atom is -0.201 e. The summed E-state index contributed by atoms with van der Waals surface area (Å²) >= 11 is 0. The van der Waals surface area contributed by atoms with E-state index in [1.165, 1.54) is 75.9 Å². The van der Waals surface area contributed by atoms with Gasteiger partial charge in [0.1, 0.15) is 7.05 Å². The fourth-order valence-electron chi connectivity index (χ4n) is 6.04. The third-order valence-corrected chi connectivity index (χ3v) is 8.00. The molecule has 2 aliphatic carbocycles. The molecule has 0 spiro atoms. The normalized spacial score (nSPS) is 17.5. The summed E-state index contributed by atoms with van der Waals surface area (Å²) in [6.45, 7) is 11.7. The summed E-state index contributed by atoms with van der Waals surface area (Å²) < 4.78 is 2.40. The Morgan fingerprint density at radius 2 is 1.58 bits per heavy atom. The minimum atomic E-state index is 0.515. The van der Waals surface area contributed by atoms with E-state index in [0.717, 1.165) is 6.42 Å². The van der Waals surface area contributed by atoms with E-state index < -0.39 is 0 Å². The quantitative estimate of drug-likeness (QED) is 0.304. The number of pyridine rings is 1. The molecule has 1 fully saturated rings. The van der Waals surface area contributed by atoms with Crippen molar-refractivity contribution in [3.05, 3.63) is 76.0 Å². The lowest BCUT2D eigenvalue weighted by Crippen LogP contribution is -2.33. The molecule has 0 radical (unpaired) electrons. The molecule has 0 atom stereocenters. The van der Waals surface area contributed by atoms with Crippen LogP contribution in [0, 0.1) is 26.2 Å². The summed E-state index contributed by atoms with van der Waals surface area (Å²) in [5.41, 5.74) is 14.9. The molecule has 0 unspecified atom stereocenters. The maximum absolute atomic E-state index is 2.46. The zero-order valence-corrected chi connectivity index (χ0v) is 20.1. The van der Waals surface area contributed by atoms with Crippen molar-refractivity contribution in [3.63, 3.8) is 0 Å². The Bertz CT molecular complexity index is 1170. The van der Waals surface area contributed by atoms with E-state index >= 15 is 0 Å². The van der Waals surface area contributed by atoms with Crippen LogP contribution < -0.4 is 4.57 Å². The summed E-state index contributed by atoms with van der Waals surface area (Å²) in [6.07, 6.45) is 8.81. The van der Waals surface area contributed by atoms with Crippen LogP contribution in [0.5, 0.6) is 0 Å². The van der Waals surface area contributed by atoms with Crippen molar-refractivity contribution in [1.29, 1.82) is 0 Å². The van der Waals surface area contributed by atoms with E-state index in [4.69, 9.17) is 0 Å². The van der Waals surface area contributed by atoms with Crippen LogP contribution in [0.1, 0.15) is 78.8 Å². The summed E-state index contributed by atoms with van der Waals surface area (Å²) in [4.78, 5) is 0. The zero-order valence-electron chi connectivity index (χ0n) is 20.1. The standard InChI is InChI=1S/C30H36N/c1-19-7-9-24-23(15-19)17-26-25(24)10-8-20(2)29(26)28-16-21(3)27(18-31(28)6)22-11-13-30(4,5)14-12-22/h7-10,15-16,18,22H,11-14,17H2,1-6H3/q+1. The van der Waals surface area contributed by atoms with Crippen LogP contribution >= 0.6 is 0 Å². The molecule has 0 saturated heterocycles. The molecule has 1 heteroatoms. The Hall–Kier alpha value is -2.41. The van der Waals surface area contributed by atoms with Crippen molar-refractivity contribution in [1.82, 2.24) is 0 Å². The van der Waals surface area contributed by atoms with Crippen LogP contribution in [0.15, 0.2) is 42.6 Å². The topological polar surface area (TPSA) is 3.88 Å². The van der Waals surface area contributed by atoms with E-state index in [9.17, 15) is 0 Å². The summed E-state index contributed by atoms with van der Waals surface area (Å²) in [5, 5.41) is 0. The van der Waals surface area contributed by atoms with Gasteiger partial charge in [0.2, 0.25) is 5.69 Å². The van der Waals surface area contributed by atoms with Gasteiger partial charge in [0.05, 0.1) is 5.56 Å². The van der Waals surface area contributed by atoms with Gasteiger partial charge in [0.25, 0.3) is 0 Å². The number of aryl methyl sites for hydroxylation is 4. The average molecular weight is 411 g/mol. The molecule has 1 aromatic heterocycles. The predicted molar refractivity (Wildman–Crippen MR) is 130 cm³/mol. The first-order valence-corrected chi connectivity index (χ1v) is 12.0. The number of fused-ring (bicyclic) bond motifs is 3. The third kappa shape index (κ3) is 3.53. The van der Waals surface area contributed by atoms with Gasteiger partial charge in [-0.15, -0.1) is 0 Å². The molecule has 1 saturated carbocycles. The maximum atomic E-state index is 2.46. The van der Waals surface area contributed by atoms with Crippen LogP contribution in [0.3, 0.4) is 0 Å². The number of rotatable bonds is 2. The lowest BCUT2D eigenvalue weighted by molar-refractivity contribution is -0.661. The number of hydrogen-bond donors (Lipinski definition) is 0. The highest BCUT2D eigenvalue weighted by Gasteiger charge is 2.31. The summed E-state index contributed by atoms with van der Waals surface area (Å²) in [5.74, 6) is 0.711. The third-order valence-electron chi connectivity index (χ3n) is 8.00. The van der Waals surface area contributed by atoms with Gasteiger partial charge >= 0.3 is 0 Å². The monoisotopic (exact) mass is 410 g/mol. The Morgan fingerprint density at radius 1 is 0.871 bits per heavy atom. The molecule has 3 aromatic rings. The first kappa shape index (κ1) is 20.5. The predicted octanol–water partition coefficient (Wildman–Crippen LogP) is 7.36. The second-order valence-corrected chi connectivity index (χ2v) is 11.0. The first-order chi connectivity index (χ1) is 14.7.